The van der Waals surface area contributed by atoms with Crippen LogP contribution in [-0.4, -0.2) is 70.4 Å². The van der Waals surface area contributed by atoms with Gasteiger partial charge in [-0.05, 0) is 0 Å². The van der Waals surface area contributed by atoms with Crippen LogP contribution >= 0.6 is 0 Å². The van der Waals surface area contributed by atoms with Crippen molar-refractivity contribution in [1.82, 2.24) is 0 Å². The fourth-order valence-corrected chi connectivity index (χ4v) is 1.26. The molecule has 0 saturated carbocycles. The average Bonchev–Trinajstić information content (AvgIpc) is 2.57. The van der Waals surface area contributed by atoms with Gasteiger partial charge in [0.1, 0.15) is 18.3 Å². The minimum atomic E-state index is -1.53. The summed E-state index contributed by atoms with van der Waals surface area (Å²) in [7, 11) is -1.53. The third-order valence-electron chi connectivity index (χ3n) is 2.03. The standard InChI is InChI=1S/C6H13BO7.Na.H/c8-1-3(10)5(11)6-4(2-9)13-7(12)14-6;;/h3-6,8-12H,1-2H2;;/q;+1;-1. The van der Waals surface area contributed by atoms with Crippen LogP contribution in [0.25, 0.3) is 0 Å². The van der Waals surface area contributed by atoms with Crippen LogP contribution in [-0.2, 0) is 9.31 Å². The first-order valence-corrected chi connectivity index (χ1v) is 4.17. The molecule has 5 N–H and O–H groups in total. The number of hydrogen-bond acceptors (Lipinski definition) is 7. The van der Waals surface area contributed by atoms with E-state index in [1.54, 1.807) is 0 Å². The maximum Gasteiger partial charge on any atom is 1.00 e. The van der Waals surface area contributed by atoms with Crippen LogP contribution in [0.2, 0.25) is 0 Å². The van der Waals surface area contributed by atoms with Crippen LogP contribution in [0.1, 0.15) is 1.43 Å². The molecule has 1 fully saturated rings. The molecule has 0 bridgehead atoms. The van der Waals surface area contributed by atoms with E-state index in [9.17, 15) is 5.11 Å². The Bertz CT molecular complexity index is 190. The summed E-state index contributed by atoms with van der Waals surface area (Å²) in [5.41, 5.74) is 0. The summed E-state index contributed by atoms with van der Waals surface area (Å²) < 4.78 is 9.37. The molecule has 1 heterocycles. The zero-order valence-corrected chi connectivity index (χ0v) is 10.4. The number of hydrogen-bond donors (Lipinski definition) is 5. The number of aliphatic hydroxyl groups is 4. The number of rotatable bonds is 4. The van der Waals surface area contributed by atoms with Gasteiger partial charge in [0.2, 0.25) is 0 Å². The minimum absolute atomic E-state index is 0. The van der Waals surface area contributed by atoms with Gasteiger partial charge in [0, 0.05) is 0 Å². The second-order valence-corrected chi connectivity index (χ2v) is 3.01. The molecule has 1 aliphatic rings. The molecule has 1 rings (SSSR count). The van der Waals surface area contributed by atoms with Crippen LogP contribution in [0.4, 0.5) is 0 Å². The van der Waals surface area contributed by atoms with E-state index in [0.29, 0.717) is 0 Å². The van der Waals surface area contributed by atoms with Crippen LogP contribution in [0.15, 0.2) is 0 Å². The Kier molecular flexibility index (Phi) is 7.55. The molecule has 4 unspecified atom stereocenters. The monoisotopic (exact) mass is 232 g/mol. The third-order valence-corrected chi connectivity index (χ3v) is 2.03. The zero-order chi connectivity index (χ0) is 10.7. The zero-order valence-electron chi connectivity index (χ0n) is 9.35. The molecule has 84 valence electrons. The Hall–Kier alpha value is 0.785. The van der Waals surface area contributed by atoms with E-state index in [1.807, 2.05) is 0 Å². The second-order valence-electron chi connectivity index (χ2n) is 3.01. The molecule has 0 aromatic heterocycles. The number of aliphatic hydroxyl groups excluding tert-OH is 4. The maximum absolute atomic E-state index is 9.40. The van der Waals surface area contributed by atoms with E-state index in [0.717, 1.165) is 0 Å². The van der Waals surface area contributed by atoms with Gasteiger partial charge in [-0.1, -0.05) is 0 Å². The first-order valence-electron chi connectivity index (χ1n) is 4.17. The summed E-state index contributed by atoms with van der Waals surface area (Å²) in [4.78, 5) is 0. The predicted octanol–water partition coefficient (Wildman–Crippen LogP) is -6.43. The van der Waals surface area contributed by atoms with Crippen molar-refractivity contribution in [2.75, 3.05) is 13.2 Å². The molecule has 0 spiro atoms. The van der Waals surface area contributed by atoms with Crippen LogP contribution in [0, 0.1) is 0 Å². The van der Waals surface area contributed by atoms with Crippen molar-refractivity contribution in [3.05, 3.63) is 0 Å². The summed E-state index contributed by atoms with van der Waals surface area (Å²) >= 11 is 0. The molecule has 7 nitrogen and oxygen atoms in total. The molecule has 0 radical (unpaired) electrons. The topological polar surface area (TPSA) is 120 Å². The van der Waals surface area contributed by atoms with Crippen LogP contribution in [0.5, 0.6) is 0 Å². The Morgan fingerprint density at radius 2 is 1.87 bits per heavy atom. The van der Waals surface area contributed by atoms with Gasteiger partial charge in [0.05, 0.1) is 19.3 Å². The summed E-state index contributed by atoms with van der Waals surface area (Å²) in [6, 6.07) is 0. The first-order chi connectivity index (χ1) is 6.60. The second kappa shape index (κ2) is 7.18. The van der Waals surface area contributed by atoms with Gasteiger partial charge < -0.3 is 36.2 Å². The van der Waals surface area contributed by atoms with Gasteiger partial charge in [0.25, 0.3) is 0 Å². The van der Waals surface area contributed by atoms with E-state index >= 15 is 0 Å². The van der Waals surface area contributed by atoms with E-state index in [1.165, 1.54) is 0 Å². The van der Waals surface area contributed by atoms with Gasteiger partial charge >= 0.3 is 36.9 Å². The van der Waals surface area contributed by atoms with Crippen molar-refractivity contribution in [2.45, 2.75) is 24.4 Å². The van der Waals surface area contributed by atoms with Gasteiger partial charge in [-0.15, -0.1) is 0 Å². The Balaban J connectivity index is 0. The minimum Gasteiger partial charge on any atom is -1.00 e. The molecule has 0 aromatic carbocycles. The van der Waals surface area contributed by atoms with E-state index in [4.69, 9.17) is 25.0 Å². The quantitative estimate of drug-likeness (QED) is 0.306. The van der Waals surface area contributed by atoms with Gasteiger partial charge in [-0.25, -0.2) is 0 Å². The molecule has 9 heteroatoms. The molecule has 4 atom stereocenters. The first kappa shape index (κ1) is 15.8. The van der Waals surface area contributed by atoms with E-state index in [2.05, 4.69) is 4.65 Å². The van der Waals surface area contributed by atoms with Crippen molar-refractivity contribution in [1.29, 1.82) is 0 Å². The van der Waals surface area contributed by atoms with E-state index in [-0.39, 0.29) is 31.0 Å². The maximum atomic E-state index is 9.40. The van der Waals surface area contributed by atoms with Gasteiger partial charge in [-0.3, -0.25) is 0 Å². The molecule has 15 heavy (non-hydrogen) atoms. The van der Waals surface area contributed by atoms with Gasteiger partial charge in [0.15, 0.2) is 0 Å². The third kappa shape index (κ3) is 3.93. The summed E-state index contributed by atoms with van der Waals surface area (Å²) in [6.45, 7) is -1.10. The van der Waals surface area contributed by atoms with E-state index < -0.39 is 45.0 Å². The Morgan fingerprint density at radius 3 is 2.33 bits per heavy atom. The normalized spacial score (nSPS) is 29.8. The van der Waals surface area contributed by atoms with Crippen molar-refractivity contribution >= 4 is 7.32 Å². The molecular formula is C6H14BNaO7. The van der Waals surface area contributed by atoms with Crippen molar-refractivity contribution < 1.29 is 65.7 Å². The summed E-state index contributed by atoms with van der Waals surface area (Å²) in [5.74, 6) is 0. The smallest absolute Gasteiger partial charge is 1.00 e. The van der Waals surface area contributed by atoms with Crippen molar-refractivity contribution in [3.63, 3.8) is 0 Å². The molecule has 1 saturated heterocycles. The van der Waals surface area contributed by atoms with Gasteiger partial charge in [-0.2, -0.15) is 0 Å². The fraction of sp³-hybridized carbons (Fsp3) is 1.00. The predicted molar refractivity (Wildman–Crippen MR) is 45.0 cm³/mol. The molecule has 0 aromatic rings. The summed E-state index contributed by atoms with van der Waals surface area (Å²) in [5, 5.41) is 44.7. The molecule has 1 aliphatic heterocycles. The largest absolute Gasteiger partial charge is 1.00 e. The molecule has 0 aliphatic carbocycles. The van der Waals surface area contributed by atoms with Crippen molar-refractivity contribution in [3.8, 4) is 0 Å². The molecular weight excluding hydrogens is 218 g/mol. The van der Waals surface area contributed by atoms with Crippen LogP contribution < -0.4 is 29.6 Å². The van der Waals surface area contributed by atoms with Crippen molar-refractivity contribution in [2.24, 2.45) is 0 Å². The average molecular weight is 232 g/mol. The SMILES string of the molecule is OCC(O)C(O)C1OB(O)OC1CO.[H-].[Na+]. The Labute approximate surface area is 111 Å². The van der Waals surface area contributed by atoms with Crippen LogP contribution in [0.3, 0.4) is 0 Å². The Morgan fingerprint density at radius 1 is 1.27 bits per heavy atom. The summed E-state index contributed by atoms with van der Waals surface area (Å²) in [6.07, 6.45) is -4.80. The molecule has 0 amide bonds. The fourth-order valence-electron chi connectivity index (χ4n) is 1.26.